The summed E-state index contributed by atoms with van der Waals surface area (Å²) in [4.78, 5) is 0. The summed E-state index contributed by atoms with van der Waals surface area (Å²) < 4.78 is 12.3. The summed E-state index contributed by atoms with van der Waals surface area (Å²) in [6.07, 6.45) is 11.9. The minimum Gasteiger partial charge on any atom is -0.427 e. The van der Waals surface area contributed by atoms with Gasteiger partial charge in [-0.05, 0) is 107 Å². The molecule has 0 aromatic heterocycles. The van der Waals surface area contributed by atoms with Crippen molar-refractivity contribution in [3.63, 3.8) is 0 Å². The summed E-state index contributed by atoms with van der Waals surface area (Å²) in [5.74, 6) is 0. The zero-order chi connectivity index (χ0) is 27.6. The van der Waals surface area contributed by atoms with Crippen molar-refractivity contribution in [2.75, 3.05) is 0 Å². The number of benzene rings is 1. The van der Waals surface area contributed by atoms with Crippen molar-refractivity contribution in [2.24, 2.45) is 0 Å². The second-order valence-corrected chi connectivity index (χ2v) is 11.9. The highest BCUT2D eigenvalue weighted by molar-refractivity contribution is 6.50. The van der Waals surface area contributed by atoms with E-state index in [1.807, 2.05) is 39.8 Å². The monoisotopic (exact) mass is 496 g/mol. The molecular weight excluding hydrogens is 446 g/mol. The number of aryl methyl sites for hydroxylation is 2. The maximum atomic E-state index is 10.6. The molecule has 0 spiro atoms. The Balaban J connectivity index is 3.34. The van der Waals surface area contributed by atoms with Gasteiger partial charge >= 0.3 is 15.0 Å². The van der Waals surface area contributed by atoms with Gasteiger partial charge in [0.25, 0.3) is 0 Å². The number of aliphatic hydroxyl groups is 2. The normalized spacial score (nSPS) is 12.9. The van der Waals surface area contributed by atoms with Gasteiger partial charge in [-0.2, -0.15) is 0 Å². The minimum atomic E-state index is -0.995. The lowest BCUT2D eigenvalue weighted by atomic mass is 9.72. The third-order valence-corrected chi connectivity index (χ3v) is 7.52. The predicted molar refractivity (Wildman–Crippen MR) is 156 cm³/mol. The fraction of sp³-hybridized carbons (Fsp3) is 0.667. The maximum absolute atomic E-state index is 10.6. The summed E-state index contributed by atoms with van der Waals surface area (Å²) in [7, 11) is 3.61. The van der Waals surface area contributed by atoms with Crippen molar-refractivity contribution < 1.29 is 19.5 Å². The Morgan fingerprint density at radius 1 is 0.667 bits per heavy atom. The third kappa shape index (κ3) is 10.2. The first-order chi connectivity index (χ1) is 16.6. The van der Waals surface area contributed by atoms with Crippen LogP contribution in [0.3, 0.4) is 0 Å². The molecule has 0 heterocycles. The Morgan fingerprint density at radius 2 is 1.00 bits per heavy atom. The molecular formula is C30H50B2O4. The minimum absolute atomic E-state index is 0.748. The van der Waals surface area contributed by atoms with E-state index in [-0.39, 0.29) is 0 Å². The lowest BCUT2D eigenvalue weighted by Crippen LogP contribution is -2.50. The Hall–Kier alpha value is -1.33. The molecule has 0 aliphatic carbocycles. The third-order valence-electron chi connectivity index (χ3n) is 7.52. The first kappa shape index (κ1) is 32.7. The van der Waals surface area contributed by atoms with Crippen molar-refractivity contribution >= 4 is 25.9 Å². The fourth-order valence-electron chi connectivity index (χ4n) is 3.30. The van der Waals surface area contributed by atoms with Gasteiger partial charge in [0, 0.05) is 0 Å². The van der Waals surface area contributed by atoms with E-state index < -0.39 is 22.4 Å². The van der Waals surface area contributed by atoms with E-state index in [1.165, 1.54) is 11.1 Å². The van der Waals surface area contributed by atoms with Gasteiger partial charge in [-0.3, -0.25) is 0 Å². The topological polar surface area (TPSA) is 58.9 Å². The molecule has 2 radical (unpaired) electrons. The van der Waals surface area contributed by atoms with E-state index in [0.717, 1.165) is 62.3 Å². The lowest BCUT2D eigenvalue weighted by molar-refractivity contribution is -0.0893. The van der Waals surface area contributed by atoms with Crippen LogP contribution in [0.4, 0.5) is 0 Å². The summed E-state index contributed by atoms with van der Waals surface area (Å²) in [5.41, 5.74) is 0.931. The molecule has 1 aromatic carbocycles. The molecule has 1 aromatic rings. The molecule has 0 atom stereocenters. The number of hydrogen-bond acceptors (Lipinski definition) is 4. The molecule has 0 fully saturated rings. The highest BCUT2D eigenvalue weighted by Gasteiger charge is 2.37. The van der Waals surface area contributed by atoms with Gasteiger partial charge in [-0.15, -0.1) is 13.2 Å². The molecule has 4 nitrogen and oxygen atoms in total. The van der Waals surface area contributed by atoms with Gasteiger partial charge in [0.1, 0.15) is 0 Å². The quantitative estimate of drug-likeness (QED) is 0.169. The van der Waals surface area contributed by atoms with E-state index in [9.17, 15) is 10.2 Å². The molecule has 0 saturated heterocycles. The number of unbranched alkanes of at least 4 members (excludes halogenated alkanes) is 4. The molecule has 36 heavy (non-hydrogen) atoms. The van der Waals surface area contributed by atoms with Gasteiger partial charge in [-0.1, -0.05) is 46.3 Å². The van der Waals surface area contributed by atoms with Crippen LogP contribution in [-0.2, 0) is 22.2 Å². The van der Waals surface area contributed by atoms with Crippen LogP contribution in [0, 0.1) is 0 Å². The maximum Gasteiger partial charge on any atom is 0.331 e. The van der Waals surface area contributed by atoms with Crippen molar-refractivity contribution in [2.45, 2.75) is 129 Å². The van der Waals surface area contributed by atoms with Crippen LogP contribution in [0.25, 0.3) is 0 Å². The molecule has 0 amide bonds. The zero-order valence-corrected chi connectivity index (χ0v) is 24.2. The largest absolute Gasteiger partial charge is 0.427 e. The van der Waals surface area contributed by atoms with Crippen LogP contribution in [0.15, 0.2) is 37.4 Å². The van der Waals surface area contributed by atoms with Crippen molar-refractivity contribution in [3.8, 4) is 0 Å². The van der Waals surface area contributed by atoms with Crippen molar-refractivity contribution in [1.29, 1.82) is 0 Å². The van der Waals surface area contributed by atoms with E-state index in [2.05, 4.69) is 25.3 Å². The van der Waals surface area contributed by atoms with Crippen molar-refractivity contribution in [1.82, 2.24) is 0 Å². The van der Waals surface area contributed by atoms with Crippen LogP contribution in [-0.4, -0.2) is 47.6 Å². The number of allylic oxidation sites excluding steroid dienone is 2. The van der Waals surface area contributed by atoms with Crippen LogP contribution in [0.1, 0.15) is 105 Å². The van der Waals surface area contributed by atoms with Gasteiger partial charge in [0.2, 0.25) is 0 Å². The van der Waals surface area contributed by atoms with Gasteiger partial charge in [0.05, 0.1) is 22.4 Å². The van der Waals surface area contributed by atoms with E-state index in [0.29, 0.717) is 0 Å². The summed E-state index contributed by atoms with van der Waals surface area (Å²) in [6, 6.07) is 4.40. The highest BCUT2D eigenvalue weighted by Crippen LogP contribution is 2.25. The first-order valence-electron chi connectivity index (χ1n) is 13.4. The molecule has 0 aliphatic heterocycles. The summed E-state index contributed by atoms with van der Waals surface area (Å²) >= 11 is 0. The first-order valence-corrected chi connectivity index (χ1v) is 13.4. The smallest absolute Gasteiger partial charge is 0.331 e. The molecule has 1 rings (SSSR count). The van der Waals surface area contributed by atoms with Crippen LogP contribution >= 0.6 is 0 Å². The van der Waals surface area contributed by atoms with Gasteiger partial charge < -0.3 is 19.5 Å². The average Bonchev–Trinajstić information content (AvgIpc) is 2.76. The molecule has 0 aliphatic rings. The summed E-state index contributed by atoms with van der Waals surface area (Å²) in [5, 5.41) is 21.1. The van der Waals surface area contributed by atoms with E-state index in [1.54, 1.807) is 42.7 Å². The Kier molecular flexibility index (Phi) is 12.7. The second kappa shape index (κ2) is 14.0. The molecule has 200 valence electrons. The number of rotatable bonds is 18. The zero-order valence-electron chi connectivity index (χ0n) is 24.2. The second-order valence-electron chi connectivity index (χ2n) is 11.9. The SMILES string of the molecule is C=CCCCCc1cc([B]OC(C)(C)C(C)(C)O)c(CCCCC=C)cc1[B]OC(C)(C)C(C)(C)O. The predicted octanol–water partition coefficient (Wildman–Crippen LogP) is 5.11. The van der Waals surface area contributed by atoms with Crippen LogP contribution in [0.5, 0.6) is 0 Å². The lowest BCUT2D eigenvalue weighted by Gasteiger charge is -2.38. The Bertz CT molecular complexity index is 763. The summed E-state index contributed by atoms with van der Waals surface area (Å²) in [6.45, 7) is 22.3. The molecule has 2 N–H and O–H groups in total. The van der Waals surface area contributed by atoms with Gasteiger partial charge in [0.15, 0.2) is 0 Å². The fourth-order valence-corrected chi connectivity index (χ4v) is 3.30. The molecule has 0 unspecified atom stereocenters. The van der Waals surface area contributed by atoms with Gasteiger partial charge in [-0.25, -0.2) is 0 Å². The molecule has 6 heteroatoms. The number of hydrogen-bond donors (Lipinski definition) is 2. The standard InChI is InChI=1S/C30H50B2O4/c1-11-13-15-17-19-23-21-26(32-36-30(9,10)28(5,6)34)24(20-18-16-14-12-2)22-25(23)31-35-29(7,8)27(3,4)33/h11-12,21-22,33-34H,1-2,13-20H2,3-10H3. The van der Waals surface area contributed by atoms with Crippen LogP contribution in [0.2, 0.25) is 0 Å². The van der Waals surface area contributed by atoms with Crippen LogP contribution < -0.4 is 10.9 Å². The molecule has 0 saturated carbocycles. The molecule has 0 bridgehead atoms. The van der Waals surface area contributed by atoms with Crippen molar-refractivity contribution in [3.05, 3.63) is 48.6 Å². The Labute approximate surface area is 223 Å². The highest BCUT2D eigenvalue weighted by atomic mass is 16.5. The Morgan fingerprint density at radius 3 is 1.28 bits per heavy atom. The van der Waals surface area contributed by atoms with E-state index in [4.69, 9.17) is 9.31 Å². The van der Waals surface area contributed by atoms with E-state index >= 15 is 0 Å². The average molecular weight is 496 g/mol.